The largest absolute Gasteiger partial charge is 0.483 e. The number of unbranched alkanes of at least 4 members (excludes halogenated alkanes) is 2. The Labute approximate surface area is 154 Å². The third-order valence-electron chi connectivity index (χ3n) is 3.99. The quantitative estimate of drug-likeness (QED) is 0.428. The molecular weight excluding hydrogens is 303 g/mol. The van der Waals surface area contributed by atoms with Crippen LogP contribution in [0.3, 0.4) is 0 Å². The van der Waals surface area contributed by atoms with Crippen molar-refractivity contribution in [2.75, 3.05) is 0 Å². The maximum atomic E-state index is 11.4. The number of primary amides is 1. The van der Waals surface area contributed by atoms with Crippen molar-refractivity contribution in [3.05, 3.63) is 29.0 Å². The zero-order valence-corrected chi connectivity index (χ0v) is 16.1. The van der Waals surface area contributed by atoms with E-state index < -0.39 is 0 Å². The molecule has 5 nitrogen and oxygen atoms in total. The minimum Gasteiger partial charge on any atom is -0.483 e. The summed E-state index contributed by atoms with van der Waals surface area (Å²) < 4.78 is 1.41. The van der Waals surface area contributed by atoms with Gasteiger partial charge in [0, 0.05) is 0 Å². The Bertz CT molecular complexity index is 680. The van der Waals surface area contributed by atoms with Crippen molar-refractivity contribution < 1.29 is 14.7 Å². The first-order chi connectivity index (χ1) is 10.9. The molecule has 2 aromatic rings. The molecule has 0 aliphatic carbocycles. The van der Waals surface area contributed by atoms with Gasteiger partial charge in [0.15, 0.2) is 0 Å². The predicted octanol–water partition coefficient (Wildman–Crippen LogP) is 1.73. The standard InChI is InChI=1S/C16H21N2O.CH2O2.Na/c1-3-4-5-6-14-13(10-16(17)19)12-9-11(2)7-8-15(12)18-14;2-1-3;/h8-9,18H,3-6,10H2,1-2H3,(H2,17,19);1H,(H,2,3);. The monoisotopic (exact) mass is 326 g/mol. The molecule has 0 aliphatic rings. The van der Waals surface area contributed by atoms with Crippen LogP contribution < -0.4 is 8.55 Å². The summed E-state index contributed by atoms with van der Waals surface area (Å²) in [4.78, 5) is 23.2. The topological polar surface area (TPSA) is 96.2 Å². The van der Waals surface area contributed by atoms with Crippen LogP contribution >= 0.6 is 0 Å². The van der Waals surface area contributed by atoms with E-state index in [-0.39, 0.29) is 12.4 Å². The van der Waals surface area contributed by atoms with Gasteiger partial charge in [-0.2, -0.15) is 0 Å². The summed E-state index contributed by atoms with van der Waals surface area (Å²) in [5.41, 5.74) is 10.2. The molecule has 4 N–H and O–H groups in total. The van der Waals surface area contributed by atoms with Gasteiger partial charge in [0.25, 0.3) is 6.47 Å². The van der Waals surface area contributed by atoms with Crippen LogP contribution in [-0.4, -0.2) is 50.4 Å². The number of carboxylic acid groups (broad SMARTS) is 1. The number of aromatic nitrogens is 1. The Morgan fingerprint density at radius 1 is 1.39 bits per heavy atom. The van der Waals surface area contributed by atoms with Gasteiger partial charge in [-0.25, -0.2) is 0 Å². The van der Waals surface area contributed by atoms with Gasteiger partial charge >= 0.3 is 138 Å². The second kappa shape index (κ2) is 9.75. The maximum Gasteiger partial charge on any atom is 0.290 e. The molecule has 0 fully saturated rings. The first-order valence-corrected chi connectivity index (χ1v) is 8.91. The number of hydrogen-bond donors (Lipinski definition) is 3. The van der Waals surface area contributed by atoms with Crippen molar-refractivity contribution in [3.63, 3.8) is 0 Å². The number of hydrogen-bond acceptors (Lipinski definition) is 2. The van der Waals surface area contributed by atoms with Gasteiger partial charge < -0.3 is 5.11 Å². The van der Waals surface area contributed by atoms with Crippen molar-refractivity contribution in [1.82, 2.24) is 4.98 Å². The zero-order chi connectivity index (χ0) is 17.4. The van der Waals surface area contributed by atoms with Gasteiger partial charge in [-0.15, -0.1) is 0 Å². The predicted molar refractivity (Wildman–Crippen MR) is 93.2 cm³/mol. The van der Waals surface area contributed by atoms with E-state index in [2.05, 4.69) is 31.0 Å². The molecule has 1 aromatic heterocycles. The van der Waals surface area contributed by atoms with Gasteiger partial charge in [-0.05, 0) is 0 Å². The fourth-order valence-corrected chi connectivity index (χ4v) is 3.14. The normalized spacial score (nSPS) is 10.3. The fourth-order valence-electron chi connectivity index (χ4n) is 2.71. The van der Waals surface area contributed by atoms with Crippen molar-refractivity contribution in [2.45, 2.75) is 46.0 Å². The van der Waals surface area contributed by atoms with Crippen LogP contribution in [0.15, 0.2) is 12.1 Å². The van der Waals surface area contributed by atoms with Gasteiger partial charge in [-0.3, -0.25) is 4.79 Å². The molecule has 1 aromatic carbocycles. The van der Waals surface area contributed by atoms with Crippen LogP contribution in [0.2, 0.25) is 0 Å². The summed E-state index contributed by atoms with van der Waals surface area (Å²) in [5.74, 6) is -0.254. The molecule has 1 amide bonds. The zero-order valence-electron chi connectivity index (χ0n) is 14.1. The smallest absolute Gasteiger partial charge is 0.290 e. The number of carbonyl (C=O) groups is 2. The van der Waals surface area contributed by atoms with Crippen molar-refractivity contribution in [2.24, 2.45) is 5.73 Å². The fraction of sp³-hybridized carbons (Fsp3) is 0.412. The van der Waals surface area contributed by atoms with Crippen LogP contribution in [0.25, 0.3) is 10.9 Å². The second-order valence-corrected chi connectivity index (χ2v) is 6.85. The number of aryl methyl sites for hydroxylation is 2. The molecule has 2 rings (SSSR count). The molecule has 0 saturated heterocycles. The third-order valence-corrected chi connectivity index (χ3v) is 5.07. The average Bonchev–Trinajstić information content (AvgIpc) is 2.78. The number of nitrogens with two attached hydrogens (primary N) is 1. The molecule has 0 radical (unpaired) electrons. The summed E-state index contributed by atoms with van der Waals surface area (Å²) in [6.45, 7) is 4.09. The maximum absolute atomic E-state index is 11.4. The molecule has 120 valence electrons. The Morgan fingerprint density at radius 3 is 2.61 bits per heavy atom. The second-order valence-electron chi connectivity index (χ2n) is 5.77. The SMILES string of the molecule is CCCCCc1[nH]c2c[c]([Na])c(C)cc2c1CC(N)=O.O=CO. The summed E-state index contributed by atoms with van der Waals surface area (Å²) in [6.07, 6.45) is 4.91. The van der Waals surface area contributed by atoms with E-state index in [0.29, 0.717) is 6.42 Å². The van der Waals surface area contributed by atoms with E-state index >= 15 is 0 Å². The van der Waals surface area contributed by atoms with E-state index in [0.717, 1.165) is 51.9 Å². The van der Waals surface area contributed by atoms with E-state index in [1.807, 2.05) is 0 Å². The van der Waals surface area contributed by atoms with Gasteiger partial charge in [0.05, 0.1) is 0 Å². The summed E-state index contributed by atoms with van der Waals surface area (Å²) in [6, 6.07) is 4.43. The first-order valence-electron chi connectivity index (χ1n) is 7.91. The Hall–Kier alpha value is -1.30. The van der Waals surface area contributed by atoms with Crippen LogP contribution in [0.4, 0.5) is 0 Å². The number of amides is 1. The molecule has 0 saturated carbocycles. The van der Waals surface area contributed by atoms with Gasteiger partial charge in [-0.1, -0.05) is 0 Å². The summed E-state index contributed by atoms with van der Waals surface area (Å²) in [5, 5.41) is 8.06. The molecule has 0 unspecified atom stereocenters. The summed E-state index contributed by atoms with van der Waals surface area (Å²) >= 11 is 1.04. The minimum absolute atomic E-state index is 0.250. The minimum atomic E-state index is -0.254. The summed E-state index contributed by atoms with van der Waals surface area (Å²) in [7, 11) is 0. The Morgan fingerprint density at radius 2 is 2.04 bits per heavy atom. The number of nitrogens with one attached hydrogen (secondary N) is 1. The molecule has 6 heteroatoms. The molecular formula is C17H23N2NaO3. The molecule has 1 heterocycles. The number of carbonyl (C=O) groups excluding carboxylic acids is 1. The molecule has 0 spiro atoms. The number of benzene rings is 1. The first kappa shape index (κ1) is 19.7. The van der Waals surface area contributed by atoms with Gasteiger partial charge in [0.2, 0.25) is 0 Å². The number of rotatable bonds is 6. The van der Waals surface area contributed by atoms with Crippen molar-refractivity contribution in [1.29, 1.82) is 0 Å². The van der Waals surface area contributed by atoms with Gasteiger partial charge in [0.1, 0.15) is 0 Å². The Kier molecular flexibility index (Phi) is 8.37. The van der Waals surface area contributed by atoms with E-state index in [1.54, 1.807) is 0 Å². The van der Waals surface area contributed by atoms with Crippen LogP contribution in [0, 0.1) is 6.92 Å². The van der Waals surface area contributed by atoms with E-state index in [4.69, 9.17) is 15.6 Å². The third kappa shape index (κ3) is 5.68. The van der Waals surface area contributed by atoms with E-state index in [1.165, 1.54) is 32.3 Å². The molecule has 23 heavy (non-hydrogen) atoms. The van der Waals surface area contributed by atoms with Crippen LogP contribution in [0.1, 0.15) is 43.0 Å². The molecule has 0 atom stereocenters. The number of aromatic amines is 1. The molecule has 0 aliphatic heterocycles. The van der Waals surface area contributed by atoms with Crippen molar-refractivity contribution >= 4 is 54.0 Å². The average molecular weight is 326 g/mol. The van der Waals surface area contributed by atoms with E-state index in [9.17, 15) is 4.79 Å². The number of fused-ring (bicyclic) bond motifs is 1. The molecule has 0 bridgehead atoms. The Balaban J connectivity index is 0.000000816. The van der Waals surface area contributed by atoms with Crippen molar-refractivity contribution in [3.8, 4) is 0 Å². The van der Waals surface area contributed by atoms with Crippen LogP contribution in [0.5, 0.6) is 0 Å². The number of H-pyrrole nitrogens is 1. The van der Waals surface area contributed by atoms with Crippen LogP contribution in [-0.2, 0) is 22.4 Å².